The van der Waals surface area contributed by atoms with Crippen LogP contribution in [0.1, 0.15) is 136 Å². The number of piperidine rings is 2. The summed E-state index contributed by atoms with van der Waals surface area (Å²) in [5.74, 6) is 1.03. The molecule has 0 aliphatic carbocycles. The number of aliphatic hydroxyl groups excluding tert-OH is 2. The highest BCUT2D eigenvalue weighted by Gasteiger charge is 2.44. The molecule has 16 heteroatoms. The Morgan fingerprint density at radius 2 is 1.36 bits per heavy atom. The number of Topliss-reactive ketones (excluding diaryl/α,β-unsaturated/α-hetero) is 2. The van der Waals surface area contributed by atoms with E-state index in [4.69, 9.17) is 18.9 Å². The molecule has 4 amide bonds. The standard InChI is InChI=1S/C25H34N2O6.C25H36N2O6/c1-4-13-33-25(31)27-21-16-22(32-14-9-5-6-10-18(3)28)17(2)15-19(21)23(29)26-12-8-7-11-20(26)24(27)30;1-4-13-33-25(31)26-22-16-23(32-14-9-5-6-10-19(3)29)18(2)15-21(22)24(30)27-12-8-7-11-20(27)17-28/h4,15-16,20,24,30H,1,5-14H2,2-3H3;4,15-16,20,28H,1,5-14,17H2,2-3H3,(H,26,31)/t20-,24?;20-/m00/s1. The normalized spacial score (nSPS) is 17.8. The Hall–Kier alpha value is -5.74. The van der Waals surface area contributed by atoms with Gasteiger partial charge < -0.3 is 48.5 Å². The molecule has 362 valence electrons. The zero-order chi connectivity index (χ0) is 48.2. The number of benzene rings is 2. The number of anilines is 2. The number of amides is 4. The molecular formula is C50H70N4O12. The summed E-state index contributed by atoms with van der Waals surface area (Å²) in [5, 5.41) is 23.6. The Morgan fingerprint density at radius 3 is 1.98 bits per heavy atom. The van der Waals surface area contributed by atoms with Crippen LogP contribution >= 0.6 is 0 Å². The van der Waals surface area contributed by atoms with Crippen LogP contribution in [0.5, 0.6) is 11.5 Å². The highest BCUT2D eigenvalue weighted by molar-refractivity contribution is 6.06. The zero-order valence-corrected chi connectivity index (χ0v) is 39.3. The minimum Gasteiger partial charge on any atom is -0.493 e. The first-order valence-electron chi connectivity index (χ1n) is 23.3. The van der Waals surface area contributed by atoms with Gasteiger partial charge >= 0.3 is 12.2 Å². The Morgan fingerprint density at radius 1 is 0.773 bits per heavy atom. The van der Waals surface area contributed by atoms with Gasteiger partial charge in [0, 0.05) is 38.1 Å². The summed E-state index contributed by atoms with van der Waals surface area (Å²) in [6.45, 7) is 15.9. The molecule has 66 heavy (non-hydrogen) atoms. The SMILES string of the molecule is C=CCOC(=O)N1c2cc(OCCCCCC(C)=O)c(C)cc2C(=O)N2CCCC[C@H]2C1O.C=CCOC(=O)Nc1cc(OCCCCCC(C)=O)c(C)cc1C(=O)N1CCCC[C@H]1CO. The number of carbonyl (C=O) groups is 6. The van der Waals surface area contributed by atoms with E-state index in [0.717, 1.165) is 81.8 Å². The third-order valence-electron chi connectivity index (χ3n) is 11.8. The average molecular weight is 919 g/mol. The molecular weight excluding hydrogens is 849 g/mol. The highest BCUT2D eigenvalue weighted by atomic mass is 16.6. The molecule has 1 unspecified atom stereocenters. The van der Waals surface area contributed by atoms with Crippen LogP contribution < -0.4 is 19.7 Å². The smallest absolute Gasteiger partial charge is 0.416 e. The van der Waals surface area contributed by atoms with Gasteiger partial charge in [-0.3, -0.25) is 14.9 Å². The molecule has 5 rings (SSSR count). The fourth-order valence-corrected chi connectivity index (χ4v) is 8.29. The van der Waals surface area contributed by atoms with Crippen molar-refractivity contribution in [3.63, 3.8) is 0 Å². The number of ketones is 2. The lowest BCUT2D eigenvalue weighted by Crippen LogP contribution is -2.55. The van der Waals surface area contributed by atoms with E-state index in [0.29, 0.717) is 73.9 Å². The third-order valence-corrected chi connectivity index (χ3v) is 11.8. The minimum absolute atomic E-state index is 0.00477. The van der Waals surface area contributed by atoms with Crippen molar-refractivity contribution >= 4 is 46.9 Å². The lowest BCUT2D eigenvalue weighted by molar-refractivity contribution is -0.118. The number of ether oxygens (including phenoxy) is 4. The summed E-state index contributed by atoms with van der Waals surface area (Å²) in [6, 6.07) is 5.99. The van der Waals surface area contributed by atoms with Crippen molar-refractivity contribution in [1.82, 2.24) is 9.80 Å². The molecule has 3 aliphatic rings. The van der Waals surface area contributed by atoms with Crippen molar-refractivity contribution in [3.8, 4) is 11.5 Å². The Bertz CT molecular complexity index is 2020. The molecule has 3 atom stereocenters. The van der Waals surface area contributed by atoms with E-state index >= 15 is 0 Å². The number of rotatable bonds is 21. The third kappa shape index (κ3) is 15.2. The van der Waals surface area contributed by atoms with E-state index in [1.165, 1.54) is 17.1 Å². The maximum absolute atomic E-state index is 13.4. The Labute approximate surface area is 389 Å². The van der Waals surface area contributed by atoms with Crippen LogP contribution in [-0.2, 0) is 19.1 Å². The highest BCUT2D eigenvalue weighted by Crippen LogP contribution is 2.38. The van der Waals surface area contributed by atoms with Crippen molar-refractivity contribution in [2.75, 3.05) is 56.3 Å². The van der Waals surface area contributed by atoms with Crippen LogP contribution in [0.25, 0.3) is 0 Å². The maximum Gasteiger partial charge on any atom is 0.416 e. The maximum atomic E-state index is 13.4. The lowest BCUT2D eigenvalue weighted by atomic mass is 10.00. The van der Waals surface area contributed by atoms with Gasteiger partial charge in [-0.05, 0) is 128 Å². The molecule has 3 heterocycles. The number of likely N-dealkylation sites (tertiary alicyclic amines) is 1. The van der Waals surface area contributed by atoms with Gasteiger partial charge in [-0.15, -0.1) is 0 Å². The lowest BCUT2D eigenvalue weighted by Gasteiger charge is -2.38. The topological polar surface area (TPSA) is 202 Å². The number of fused-ring (bicyclic) bond motifs is 2. The number of nitrogens with one attached hydrogen (secondary N) is 1. The van der Waals surface area contributed by atoms with E-state index in [-0.39, 0.29) is 54.9 Å². The fraction of sp³-hybridized carbons (Fsp3) is 0.560. The number of hydrogen-bond acceptors (Lipinski definition) is 12. The largest absolute Gasteiger partial charge is 0.493 e. The Kier molecular flexibility index (Phi) is 21.7. The van der Waals surface area contributed by atoms with E-state index in [1.807, 2.05) is 13.8 Å². The van der Waals surface area contributed by atoms with Crippen molar-refractivity contribution < 1.29 is 57.9 Å². The van der Waals surface area contributed by atoms with Gasteiger partial charge in [-0.1, -0.05) is 25.3 Å². The van der Waals surface area contributed by atoms with Crippen molar-refractivity contribution in [2.24, 2.45) is 0 Å². The van der Waals surface area contributed by atoms with Crippen LogP contribution in [0.2, 0.25) is 0 Å². The summed E-state index contributed by atoms with van der Waals surface area (Å²) >= 11 is 0. The van der Waals surface area contributed by atoms with E-state index in [2.05, 4.69) is 18.5 Å². The molecule has 3 N–H and O–H groups in total. The van der Waals surface area contributed by atoms with E-state index in [1.54, 1.807) is 47.9 Å². The van der Waals surface area contributed by atoms with Gasteiger partial charge in [0.1, 0.15) is 36.3 Å². The van der Waals surface area contributed by atoms with Crippen LogP contribution in [-0.4, -0.2) is 120 Å². The molecule has 0 aromatic heterocycles. The number of carbonyl (C=O) groups excluding carboxylic acids is 6. The second kappa shape index (κ2) is 27.0. The van der Waals surface area contributed by atoms with Crippen LogP contribution in [0.3, 0.4) is 0 Å². The average Bonchev–Trinajstić information content (AvgIpc) is 3.38. The van der Waals surface area contributed by atoms with Crippen molar-refractivity contribution in [3.05, 3.63) is 71.8 Å². The zero-order valence-electron chi connectivity index (χ0n) is 39.3. The molecule has 0 saturated carbocycles. The summed E-state index contributed by atoms with van der Waals surface area (Å²) < 4.78 is 22.2. The molecule has 0 bridgehead atoms. The van der Waals surface area contributed by atoms with Gasteiger partial charge in [0.05, 0.1) is 54.4 Å². The number of aryl methyl sites for hydroxylation is 2. The fourth-order valence-electron chi connectivity index (χ4n) is 8.29. The summed E-state index contributed by atoms with van der Waals surface area (Å²) in [7, 11) is 0. The van der Waals surface area contributed by atoms with E-state index < -0.39 is 24.5 Å². The molecule has 0 radical (unpaired) electrons. The van der Waals surface area contributed by atoms with Gasteiger partial charge in [-0.25, -0.2) is 14.5 Å². The second-order valence-electron chi connectivity index (χ2n) is 17.1. The van der Waals surface area contributed by atoms with Gasteiger partial charge in [-0.2, -0.15) is 0 Å². The number of nitrogens with zero attached hydrogens (tertiary/aromatic N) is 3. The number of aliphatic hydroxyl groups is 2. The molecule has 2 aromatic rings. The Balaban J connectivity index is 0.000000289. The summed E-state index contributed by atoms with van der Waals surface area (Å²) in [5.41, 5.74) is 2.80. The van der Waals surface area contributed by atoms with Crippen molar-refractivity contribution in [2.45, 2.75) is 136 Å². The monoisotopic (exact) mass is 918 g/mol. The molecule has 16 nitrogen and oxygen atoms in total. The molecule has 3 aliphatic heterocycles. The summed E-state index contributed by atoms with van der Waals surface area (Å²) in [6.07, 6.45) is 11.3. The van der Waals surface area contributed by atoms with E-state index in [9.17, 15) is 39.0 Å². The molecule has 2 fully saturated rings. The first-order chi connectivity index (χ1) is 31.7. The second-order valence-corrected chi connectivity index (χ2v) is 17.1. The van der Waals surface area contributed by atoms with Gasteiger partial charge in [0.2, 0.25) is 0 Å². The molecule has 0 spiro atoms. The van der Waals surface area contributed by atoms with Crippen LogP contribution in [0.4, 0.5) is 21.0 Å². The predicted molar refractivity (Wildman–Crippen MR) is 251 cm³/mol. The number of hydrogen-bond donors (Lipinski definition) is 3. The molecule has 2 saturated heterocycles. The molecule has 2 aromatic carbocycles. The van der Waals surface area contributed by atoms with Gasteiger partial charge in [0.25, 0.3) is 11.8 Å². The van der Waals surface area contributed by atoms with Crippen LogP contribution in [0.15, 0.2) is 49.6 Å². The number of unbranched alkanes of at least 4 members (excludes halogenated alkanes) is 4. The first kappa shape index (κ1) is 52.9. The van der Waals surface area contributed by atoms with Crippen molar-refractivity contribution in [1.29, 1.82) is 0 Å². The predicted octanol–water partition coefficient (Wildman–Crippen LogP) is 8.22. The van der Waals surface area contributed by atoms with Gasteiger partial charge in [0.15, 0.2) is 6.23 Å². The quantitative estimate of drug-likeness (QED) is 0.0802. The van der Waals surface area contributed by atoms with Crippen LogP contribution in [0, 0.1) is 13.8 Å². The first-order valence-corrected chi connectivity index (χ1v) is 23.3. The minimum atomic E-state index is -1.23. The summed E-state index contributed by atoms with van der Waals surface area (Å²) in [4.78, 5) is 78.6.